The topological polar surface area (TPSA) is 52.5 Å². The van der Waals surface area contributed by atoms with Crippen LogP contribution in [-0.2, 0) is 0 Å². The van der Waals surface area contributed by atoms with Crippen LogP contribution in [0.5, 0.6) is 0 Å². The van der Waals surface area contributed by atoms with E-state index in [9.17, 15) is 14.6 Å². The van der Waals surface area contributed by atoms with Crippen molar-refractivity contribution in [2.24, 2.45) is 0 Å². The van der Waals surface area contributed by atoms with Crippen LogP contribution in [0.3, 0.4) is 0 Å². The predicted molar refractivity (Wildman–Crippen MR) is 60.9 cm³/mol. The predicted octanol–water partition coefficient (Wildman–Crippen LogP) is 1.48. The maximum atomic E-state index is 13.4. The third-order valence-corrected chi connectivity index (χ3v) is 2.57. The highest BCUT2D eigenvalue weighted by Crippen LogP contribution is 2.24. The first-order valence-corrected chi connectivity index (χ1v) is 5.39. The van der Waals surface area contributed by atoms with Gasteiger partial charge in [0.15, 0.2) is 0 Å². The smallest absolute Gasteiger partial charge is 0.130 e. The average molecular weight is 248 g/mol. The summed E-state index contributed by atoms with van der Waals surface area (Å²) >= 11 is 5.59. The second-order valence-corrected chi connectivity index (χ2v) is 4.01. The number of benzene rings is 1. The Morgan fingerprint density at radius 3 is 2.69 bits per heavy atom. The van der Waals surface area contributed by atoms with E-state index in [1.165, 1.54) is 12.1 Å². The SMILES string of the molecule is CNCCC(O)C(O)c1ccc(Cl)cc1F. The van der Waals surface area contributed by atoms with Crippen LogP contribution in [0.15, 0.2) is 18.2 Å². The van der Waals surface area contributed by atoms with Gasteiger partial charge in [0, 0.05) is 10.6 Å². The third-order valence-electron chi connectivity index (χ3n) is 2.34. The minimum Gasteiger partial charge on any atom is -0.390 e. The standard InChI is InChI=1S/C11H15ClFNO2/c1-14-5-4-10(15)11(16)8-3-2-7(12)6-9(8)13/h2-3,6,10-11,14-16H,4-5H2,1H3. The maximum absolute atomic E-state index is 13.4. The molecule has 0 heterocycles. The average Bonchev–Trinajstić information content (AvgIpc) is 2.25. The van der Waals surface area contributed by atoms with Gasteiger partial charge in [0.05, 0.1) is 6.10 Å². The minimum absolute atomic E-state index is 0.0630. The van der Waals surface area contributed by atoms with Crippen molar-refractivity contribution in [3.05, 3.63) is 34.6 Å². The van der Waals surface area contributed by atoms with E-state index in [4.69, 9.17) is 11.6 Å². The molecular weight excluding hydrogens is 233 g/mol. The molecule has 0 aromatic heterocycles. The summed E-state index contributed by atoms with van der Waals surface area (Å²) in [5, 5.41) is 22.4. The Hall–Kier alpha value is -0.680. The zero-order valence-electron chi connectivity index (χ0n) is 8.95. The van der Waals surface area contributed by atoms with E-state index in [2.05, 4.69) is 5.32 Å². The normalized spacial score (nSPS) is 14.8. The molecule has 1 rings (SSSR count). The lowest BCUT2D eigenvalue weighted by molar-refractivity contribution is 0.0120. The van der Waals surface area contributed by atoms with Gasteiger partial charge < -0.3 is 15.5 Å². The van der Waals surface area contributed by atoms with Crippen molar-refractivity contribution in [3.8, 4) is 0 Å². The molecule has 0 amide bonds. The molecule has 3 N–H and O–H groups in total. The monoisotopic (exact) mass is 247 g/mol. The zero-order valence-corrected chi connectivity index (χ0v) is 9.71. The van der Waals surface area contributed by atoms with Crippen LogP contribution in [0.4, 0.5) is 4.39 Å². The summed E-state index contributed by atoms with van der Waals surface area (Å²) in [7, 11) is 1.74. The minimum atomic E-state index is -1.23. The van der Waals surface area contributed by atoms with Crippen LogP contribution < -0.4 is 5.32 Å². The van der Waals surface area contributed by atoms with Crippen LogP contribution in [0, 0.1) is 5.82 Å². The van der Waals surface area contributed by atoms with Gasteiger partial charge >= 0.3 is 0 Å². The molecule has 90 valence electrons. The number of aliphatic hydroxyl groups is 2. The van der Waals surface area contributed by atoms with Crippen molar-refractivity contribution in [3.63, 3.8) is 0 Å². The maximum Gasteiger partial charge on any atom is 0.130 e. The number of nitrogens with one attached hydrogen (secondary N) is 1. The lowest BCUT2D eigenvalue weighted by atomic mass is 10.0. The summed E-state index contributed by atoms with van der Waals surface area (Å²) < 4.78 is 13.4. The number of hydrogen-bond acceptors (Lipinski definition) is 3. The van der Waals surface area contributed by atoms with Gasteiger partial charge in [0.2, 0.25) is 0 Å². The Kier molecular flexibility index (Phi) is 5.15. The summed E-state index contributed by atoms with van der Waals surface area (Å²) in [4.78, 5) is 0. The molecule has 1 aromatic carbocycles. The molecule has 0 saturated carbocycles. The van der Waals surface area contributed by atoms with Gasteiger partial charge in [0.25, 0.3) is 0 Å². The van der Waals surface area contributed by atoms with Gasteiger partial charge in [-0.2, -0.15) is 0 Å². The first kappa shape index (κ1) is 13.4. The molecule has 1 aromatic rings. The van der Waals surface area contributed by atoms with Gasteiger partial charge in [0.1, 0.15) is 11.9 Å². The van der Waals surface area contributed by atoms with Gasteiger partial charge in [-0.05, 0) is 32.1 Å². The molecule has 0 spiro atoms. The lowest BCUT2D eigenvalue weighted by Gasteiger charge is -2.18. The molecule has 0 aliphatic rings. The largest absolute Gasteiger partial charge is 0.390 e. The zero-order chi connectivity index (χ0) is 12.1. The van der Waals surface area contributed by atoms with E-state index in [1.54, 1.807) is 7.05 Å². The third kappa shape index (κ3) is 3.42. The quantitative estimate of drug-likeness (QED) is 0.739. The van der Waals surface area contributed by atoms with Crippen LogP contribution in [-0.4, -0.2) is 29.9 Å². The number of aliphatic hydroxyl groups excluding tert-OH is 2. The fourth-order valence-corrected chi connectivity index (χ4v) is 1.56. The molecule has 0 bridgehead atoms. The lowest BCUT2D eigenvalue weighted by Crippen LogP contribution is -2.23. The van der Waals surface area contributed by atoms with E-state index >= 15 is 0 Å². The molecule has 3 nitrogen and oxygen atoms in total. The number of hydrogen-bond donors (Lipinski definition) is 3. The van der Waals surface area contributed by atoms with Crippen LogP contribution in [0.1, 0.15) is 18.1 Å². The second kappa shape index (κ2) is 6.15. The van der Waals surface area contributed by atoms with Gasteiger partial charge in [-0.1, -0.05) is 17.7 Å². The Morgan fingerprint density at radius 1 is 1.44 bits per heavy atom. The number of rotatable bonds is 5. The van der Waals surface area contributed by atoms with Gasteiger partial charge in [-0.3, -0.25) is 0 Å². The van der Waals surface area contributed by atoms with Crippen LogP contribution in [0.2, 0.25) is 5.02 Å². The fourth-order valence-electron chi connectivity index (χ4n) is 1.40. The molecule has 0 fully saturated rings. The highest BCUT2D eigenvalue weighted by molar-refractivity contribution is 6.30. The van der Waals surface area contributed by atoms with Gasteiger partial charge in [-0.25, -0.2) is 4.39 Å². The van der Waals surface area contributed by atoms with Crippen LogP contribution in [0.25, 0.3) is 0 Å². The molecule has 0 saturated heterocycles. The molecule has 0 aliphatic carbocycles. The highest BCUT2D eigenvalue weighted by atomic mass is 35.5. The van der Waals surface area contributed by atoms with Crippen molar-refractivity contribution in [2.75, 3.05) is 13.6 Å². The Labute approximate surface area is 98.9 Å². The molecule has 2 atom stereocenters. The summed E-state index contributed by atoms with van der Waals surface area (Å²) in [5.74, 6) is -0.608. The Bertz CT molecular complexity index is 349. The molecule has 16 heavy (non-hydrogen) atoms. The van der Waals surface area contributed by atoms with Crippen molar-refractivity contribution < 1.29 is 14.6 Å². The molecular formula is C11H15ClFNO2. The first-order valence-electron chi connectivity index (χ1n) is 5.02. The van der Waals surface area contributed by atoms with Crippen molar-refractivity contribution in [1.29, 1.82) is 0 Å². The summed E-state index contributed by atoms with van der Waals surface area (Å²) in [6, 6.07) is 3.98. The van der Waals surface area contributed by atoms with E-state index < -0.39 is 18.0 Å². The van der Waals surface area contributed by atoms with Crippen molar-refractivity contribution >= 4 is 11.6 Å². The molecule has 0 aliphatic heterocycles. The summed E-state index contributed by atoms with van der Waals surface area (Å²) in [6.45, 7) is 0.549. The number of halogens is 2. The van der Waals surface area contributed by atoms with Crippen LogP contribution >= 0.6 is 11.6 Å². The molecule has 2 unspecified atom stereocenters. The van der Waals surface area contributed by atoms with E-state index in [0.717, 1.165) is 6.07 Å². The van der Waals surface area contributed by atoms with E-state index in [0.29, 0.717) is 13.0 Å². The second-order valence-electron chi connectivity index (χ2n) is 3.57. The van der Waals surface area contributed by atoms with Crippen molar-refractivity contribution in [2.45, 2.75) is 18.6 Å². The summed E-state index contributed by atoms with van der Waals surface area (Å²) in [5.41, 5.74) is 0.0630. The fraction of sp³-hybridized carbons (Fsp3) is 0.455. The van der Waals surface area contributed by atoms with Crippen molar-refractivity contribution in [1.82, 2.24) is 5.32 Å². The molecule has 5 heteroatoms. The van der Waals surface area contributed by atoms with Gasteiger partial charge in [-0.15, -0.1) is 0 Å². The highest BCUT2D eigenvalue weighted by Gasteiger charge is 2.21. The summed E-state index contributed by atoms with van der Waals surface area (Å²) in [6.07, 6.45) is -1.88. The van der Waals surface area contributed by atoms with E-state index in [-0.39, 0.29) is 10.6 Å². The molecule has 0 radical (unpaired) electrons. The first-order chi connectivity index (χ1) is 7.56. The Balaban J connectivity index is 2.75. The van der Waals surface area contributed by atoms with E-state index in [1.807, 2.05) is 0 Å². The Morgan fingerprint density at radius 2 is 2.12 bits per heavy atom.